The van der Waals surface area contributed by atoms with E-state index in [0.717, 1.165) is 96.3 Å². The third-order valence-electron chi connectivity index (χ3n) is 12.2. The summed E-state index contributed by atoms with van der Waals surface area (Å²) >= 11 is 0. The molecule has 1 N–H and O–H groups in total. The lowest BCUT2D eigenvalue weighted by molar-refractivity contribution is -0.870. The van der Waals surface area contributed by atoms with E-state index in [9.17, 15) is 19.0 Å². The zero-order chi connectivity index (χ0) is 49.4. The van der Waals surface area contributed by atoms with Gasteiger partial charge in [0.25, 0.3) is 7.82 Å². The Labute approximate surface area is 414 Å². The SMILES string of the molecule is CCCC/C=C\CCCCCCCC(=O)NC(COP(=O)([O-])OCC[N+](C)(C)C)C(/C=C\CCCCCCCCCCC)OC(=O)CCCCCCCCCCC/C=C\C/C=C\CCCCC. The van der Waals surface area contributed by atoms with Crippen LogP contribution in [0.5, 0.6) is 0 Å². The van der Waals surface area contributed by atoms with Crippen LogP contribution in [0.3, 0.4) is 0 Å². The number of carbonyl (C=O) groups excluding carboxylic acids is 2. The van der Waals surface area contributed by atoms with Gasteiger partial charge in [-0.25, -0.2) is 0 Å². The number of carbonyl (C=O) groups is 2. The summed E-state index contributed by atoms with van der Waals surface area (Å²) in [4.78, 5) is 39.7. The van der Waals surface area contributed by atoms with Gasteiger partial charge in [-0.05, 0) is 83.1 Å². The predicted octanol–water partition coefficient (Wildman–Crippen LogP) is 15.9. The van der Waals surface area contributed by atoms with E-state index in [2.05, 4.69) is 62.5 Å². The normalized spacial score (nSPS) is 14.2. The predicted molar refractivity (Wildman–Crippen MR) is 284 cm³/mol. The Kier molecular flexibility index (Phi) is 46.2. The molecular formula is C57H107N2O7P. The number of rotatable bonds is 50. The fraction of sp³-hybridized carbons (Fsp3) is 0.825. The van der Waals surface area contributed by atoms with E-state index in [-0.39, 0.29) is 24.9 Å². The van der Waals surface area contributed by atoms with Gasteiger partial charge in [-0.1, -0.05) is 205 Å². The molecule has 3 atom stereocenters. The van der Waals surface area contributed by atoms with Gasteiger partial charge in [0.2, 0.25) is 5.91 Å². The molecule has 1 amide bonds. The molecule has 0 saturated carbocycles. The maximum Gasteiger partial charge on any atom is 0.306 e. The maximum atomic E-state index is 13.4. The highest BCUT2D eigenvalue weighted by molar-refractivity contribution is 7.45. The van der Waals surface area contributed by atoms with Gasteiger partial charge in [0.05, 0.1) is 33.8 Å². The molecule has 0 rings (SSSR count). The Morgan fingerprint density at radius 2 is 0.925 bits per heavy atom. The molecule has 67 heavy (non-hydrogen) atoms. The molecule has 0 aliphatic heterocycles. The third-order valence-corrected chi connectivity index (χ3v) is 13.2. The lowest BCUT2D eigenvalue weighted by Crippen LogP contribution is -2.47. The maximum absolute atomic E-state index is 13.4. The van der Waals surface area contributed by atoms with Gasteiger partial charge in [0.1, 0.15) is 19.3 Å². The third kappa shape index (κ3) is 48.8. The van der Waals surface area contributed by atoms with Crippen molar-refractivity contribution >= 4 is 19.7 Å². The summed E-state index contributed by atoms with van der Waals surface area (Å²) in [6.07, 6.45) is 56.5. The number of quaternary nitrogens is 1. The van der Waals surface area contributed by atoms with E-state index in [1.165, 1.54) is 122 Å². The second-order valence-corrected chi connectivity index (χ2v) is 21.5. The number of hydrogen-bond acceptors (Lipinski definition) is 7. The number of esters is 1. The molecule has 0 aromatic rings. The number of hydrogen-bond donors (Lipinski definition) is 1. The van der Waals surface area contributed by atoms with Gasteiger partial charge in [-0.2, -0.15) is 0 Å². The summed E-state index contributed by atoms with van der Waals surface area (Å²) in [6.45, 7) is 6.76. The second kappa shape index (κ2) is 47.6. The van der Waals surface area contributed by atoms with Crippen molar-refractivity contribution in [3.8, 4) is 0 Å². The number of allylic oxidation sites excluding steroid dienone is 7. The molecule has 0 radical (unpaired) electrons. The number of amides is 1. The molecule has 392 valence electrons. The molecular weight excluding hydrogens is 856 g/mol. The number of nitrogens with zero attached hydrogens (tertiary/aromatic N) is 1. The standard InChI is InChI=1S/C57H107N2O7P/c1-7-10-13-16-19-22-25-26-27-28-29-30-31-32-35-38-41-44-47-50-57(61)66-55(48-45-42-39-36-33-23-20-17-14-11-8-2)54(53-65-67(62,63)64-52-51-59(4,5)6)58-56(60)49-46-43-40-37-34-24-21-18-15-12-9-3/h18-19,21-22,26-27,45,48,54-55H,7-17,20,23-25,28-44,46-47,49-53H2,1-6H3,(H-,58,60,62,63)/b21-18-,22-19-,27-26-,48-45-. The average molecular weight is 963 g/mol. The zero-order valence-corrected chi connectivity index (χ0v) is 45.5. The fourth-order valence-electron chi connectivity index (χ4n) is 7.83. The van der Waals surface area contributed by atoms with Crippen LogP contribution >= 0.6 is 7.82 Å². The van der Waals surface area contributed by atoms with Gasteiger partial charge in [-0.3, -0.25) is 14.2 Å². The number of phosphoric acid groups is 1. The van der Waals surface area contributed by atoms with Crippen LogP contribution in [-0.2, 0) is 27.9 Å². The fourth-order valence-corrected chi connectivity index (χ4v) is 8.55. The Bertz CT molecular complexity index is 1290. The van der Waals surface area contributed by atoms with E-state index in [0.29, 0.717) is 17.4 Å². The van der Waals surface area contributed by atoms with Crippen molar-refractivity contribution in [1.29, 1.82) is 0 Å². The monoisotopic (exact) mass is 963 g/mol. The Hall–Kier alpha value is -2.03. The molecule has 0 aromatic carbocycles. The minimum absolute atomic E-state index is 0.0247. The summed E-state index contributed by atoms with van der Waals surface area (Å²) in [7, 11) is 1.18. The van der Waals surface area contributed by atoms with E-state index in [1.807, 2.05) is 33.3 Å². The van der Waals surface area contributed by atoms with E-state index < -0.39 is 26.6 Å². The summed E-state index contributed by atoms with van der Waals surface area (Å²) in [5.74, 6) is -0.556. The summed E-state index contributed by atoms with van der Waals surface area (Å²) in [5, 5.41) is 3.00. The molecule has 0 aromatic heterocycles. The first kappa shape index (κ1) is 65.0. The molecule has 0 aliphatic rings. The molecule has 0 spiro atoms. The van der Waals surface area contributed by atoms with Crippen LogP contribution < -0.4 is 10.2 Å². The van der Waals surface area contributed by atoms with Gasteiger partial charge in [-0.15, -0.1) is 0 Å². The second-order valence-electron chi connectivity index (χ2n) is 20.1. The first-order valence-electron chi connectivity index (χ1n) is 27.9. The van der Waals surface area contributed by atoms with Crippen LogP contribution in [0.15, 0.2) is 48.6 Å². The van der Waals surface area contributed by atoms with Crippen molar-refractivity contribution in [1.82, 2.24) is 5.32 Å². The molecule has 3 unspecified atom stereocenters. The largest absolute Gasteiger partial charge is 0.756 e. The Morgan fingerprint density at radius 3 is 1.43 bits per heavy atom. The van der Waals surface area contributed by atoms with Crippen LogP contribution in [-0.4, -0.2) is 69.4 Å². The lowest BCUT2D eigenvalue weighted by Gasteiger charge is -2.30. The minimum Gasteiger partial charge on any atom is -0.756 e. The van der Waals surface area contributed by atoms with E-state index in [1.54, 1.807) is 0 Å². The summed E-state index contributed by atoms with van der Waals surface area (Å²) in [5.41, 5.74) is 0. The first-order chi connectivity index (χ1) is 32.4. The molecule has 0 bridgehead atoms. The smallest absolute Gasteiger partial charge is 0.306 e. The van der Waals surface area contributed by atoms with Crippen molar-refractivity contribution in [3.63, 3.8) is 0 Å². The van der Waals surface area contributed by atoms with Crippen molar-refractivity contribution < 1.29 is 37.3 Å². The summed E-state index contributed by atoms with van der Waals surface area (Å²) in [6, 6.07) is -0.891. The Morgan fingerprint density at radius 1 is 0.522 bits per heavy atom. The van der Waals surface area contributed by atoms with Gasteiger partial charge in [0.15, 0.2) is 0 Å². The Balaban J connectivity index is 5.28. The molecule has 0 fully saturated rings. The van der Waals surface area contributed by atoms with Gasteiger partial charge in [0, 0.05) is 12.8 Å². The van der Waals surface area contributed by atoms with Crippen LogP contribution in [0.4, 0.5) is 0 Å². The van der Waals surface area contributed by atoms with Crippen LogP contribution in [0, 0.1) is 0 Å². The molecule has 0 saturated heterocycles. The first-order valence-corrected chi connectivity index (χ1v) is 29.4. The highest BCUT2D eigenvalue weighted by Gasteiger charge is 2.27. The van der Waals surface area contributed by atoms with Crippen molar-refractivity contribution in [2.24, 2.45) is 0 Å². The summed E-state index contributed by atoms with van der Waals surface area (Å²) < 4.78 is 30.1. The van der Waals surface area contributed by atoms with Crippen LogP contribution in [0.2, 0.25) is 0 Å². The van der Waals surface area contributed by atoms with Crippen LogP contribution in [0.25, 0.3) is 0 Å². The van der Waals surface area contributed by atoms with Gasteiger partial charge >= 0.3 is 5.97 Å². The lowest BCUT2D eigenvalue weighted by atomic mass is 10.0. The topological polar surface area (TPSA) is 114 Å². The van der Waals surface area contributed by atoms with Crippen molar-refractivity contribution in [2.75, 3.05) is 40.9 Å². The van der Waals surface area contributed by atoms with Crippen molar-refractivity contribution in [2.45, 2.75) is 264 Å². The average Bonchev–Trinajstić information content (AvgIpc) is 3.28. The van der Waals surface area contributed by atoms with E-state index >= 15 is 0 Å². The molecule has 9 nitrogen and oxygen atoms in total. The van der Waals surface area contributed by atoms with Crippen LogP contribution in [0.1, 0.15) is 252 Å². The zero-order valence-electron chi connectivity index (χ0n) is 44.6. The number of ether oxygens (including phenoxy) is 1. The van der Waals surface area contributed by atoms with Crippen molar-refractivity contribution in [3.05, 3.63) is 48.6 Å². The minimum atomic E-state index is -4.69. The number of likely N-dealkylation sites (N-methyl/N-ethyl adjacent to an activating group) is 1. The highest BCUT2D eigenvalue weighted by Crippen LogP contribution is 2.38. The number of nitrogens with one attached hydrogen (secondary N) is 1. The molecule has 10 heteroatoms. The molecule has 0 aliphatic carbocycles. The number of phosphoric ester groups is 1. The molecule has 0 heterocycles. The quantitative estimate of drug-likeness (QED) is 0.0212. The van der Waals surface area contributed by atoms with E-state index in [4.69, 9.17) is 13.8 Å². The highest BCUT2D eigenvalue weighted by atomic mass is 31.2. The van der Waals surface area contributed by atoms with Gasteiger partial charge < -0.3 is 28.5 Å². The number of unbranched alkanes of at least 4 members (excludes halogenated alkanes) is 28.